The summed E-state index contributed by atoms with van der Waals surface area (Å²) in [5.74, 6) is -0.626. The Balaban J connectivity index is 1.44. The van der Waals surface area contributed by atoms with Crippen LogP contribution in [0.15, 0.2) is 72.9 Å². The lowest BCUT2D eigenvalue weighted by Crippen LogP contribution is -2.38. The third-order valence-corrected chi connectivity index (χ3v) is 6.64. The van der Waals surface area contributed by atoms with Gasteiger partial charge in [0.1, 0.15) is 17.2 Å². The highest BCUT2D eigenvalue weighted by Crippen LogP contribution is 2.29. The Morgan fingerprint density at radius 2 is 1.80 bits per heavy atom. The standard InChI is InChI=1S/C32H37N3O6/c1-32(2,3)41-31(39)35(28-12-7-8-15-33-28)16-9-17-40-27-14-13-24-18-25(20-29(36)37)30(38)34(22-26(24)19-27)21-23-10-5-4-6-11-23/h4-8,10-15,19,25H,9,16-18,20-22H2,1-3H3,(H,36,37). The average molecular weight is 560 g/mol. The van der Waals surface area contributed by atoms with Crippen molar-refractivity contribution in [2.24, 2.45) is 5.92 Å². The van der Waals surface area contributed by atoms with Crippen LogP contribution >= 0.6 is 0 Å². The SMILES string of the molecule is CC(C)(C)OC(=O)N(CCCOc1ccc2c(c1)CN(Cc1ccccc1)C(=O)C(CC(=O)O)C2)c1ccccn1. The number of benzene rings is 2. The van der Waals surface area contributed by atoms with Gasteiger partial charge in [0.05, 0.1) is 18.9 Å². The third kappa shape index (κ3) is 8.54. The van der Waals surface area contributed by atoms with Gasteiger partial charge in [0.25, 0.3) is 0 Å². The number of carboxylic acids is 1. The minimum absolute atomic E-state index is 0.160. The molecule has 3 aromatic rings. The molecule has 2 aromatic carbocycles. The fourth-order valence-electron chi connectivity index (χ4n) is 4.78. The molecule has 9 nitrogen and oxygen atoms in total. The Kier molecular flexibility index (Phi) is 9.60. The van der Waals surface area contributed by atoms with Crippen molar-refractivity contribution in [3.63, 3.8) is 0 Å². The quantitative estimate of drug-likeness (QED) is 0.328. The molecule has 41 heavy (non-hydrogen) atoms. The van der Waals surface area contributed by atoms with Crippen LogP contribution in [0.5, 0.6) is 5.75 Å². The molecule has 0 fully saturated rings. The van der Waals surface area contributed by atoms with Gasteiger partial charge in [-0.3, -0.25) is 14.5 Å². The predicted molar refractivity (Wildman–Crippen MR) is 155 cm³/mol. The van der Waals surface area contributed by atoms with Gasteiger partial charge in [-0.2, -0.15) is 0 Å². The van der Waals surface area contributed by atoms with Crippen molar-refractivity contribution in [1.82, 2.24) is 9.88 Å². The van der Waals surface area contributed by atoms with Gasteiger partial charge >= 0.3 is 12.1 Å². The van der Waals surface area contributed by atoms with E-state index in [4.69, 9.17) is 9.47 Å². The summed E-state index contributed by atoms with van der Waals surface area (Å²) in [5, 5.41) is 9.44. The number of carbonyl (C=O) groups excluding carboxylic acids is 2. The van der Waals surface area contributed by atoms with E-state index in [1.165, 1.54) is 4.90 Å². The van der Waals surface area contributed by atoms with Crippen molar-refractivity contribution in [1.29, 1.82) is 0 Å². The van der Waals surface area contributed by atoms with Crippen LogP contribution < -0.4 is 9.64 Å². The Morgan fingerprint density at radius 3 is 2.49 bits per heavy atom. The number of carboxylic acid groups (broad SMARTS) is 1. The lowest BCUT2D eigenvalue weighted by molar-refractivity contribution is -0.144. The normalized spacial score (nSPS) is 15.0. The molecule has 0 spiro atoms. The maximum atomic E-state index is 13.4. The first-order chi connectivity index (χ1) is 19.6. The molecule has 1 N–H and O–H groups in total. The molecule has 9 heteroatoms. The van der Waals surface area contributed by atoms with Gasteiger partial charge in [-0.05, 0) is 74.6 Å². The molecule has 216 valence electrons. The van der Waals surface area contributed by atoms with E-state index in [-0.39, 0.29) is 12.3 Å². The average Bonchev–Trinajstić information content (AvgIpc) is 3.04. The maximum absolute atomic E-state index is 13.4. The van der Waals surface area contributed by atoms with Gasteiger partial charge in [0.15, 0.2) is 0 Å². The predicted octanol–water partition coefficient (Wildman–Crippen LogP) is 5.47. The van der Waals surface area contributed by atoms with Crippen molar-refractivity contribution < 1.29 is 29.0 Å². The number of hydrogen-bond acceptors (Lipinski definition) is 6. The minimum atomic E-state index is -0.988. The molecule has 1 atom stereocenters. The summed E-state index contributed by atoms with van der Waals surface area (Å²) in [4.78, 5) is 45.3. The molecule has 4 rings (SSSR count). The van der Waals surface area contributed by atoms with Crippen LogP contribution in [-0.4, -0.2) is 51.7 Å². The first-order valence-corrected chi connectivity index (χ1v) is 13.8. The number of ether oxygens (including phenoxy) is 2. The van der Waals surface area contributed by atoms with Crippen molar-refractivity contribution in [3.05, 3.63) is 89.6 Å². The molecule has 2 amide bonds. The van der Waals surface area contributed by atoms with Crippen molar-refractivity contribution in [3.8, 4) is 5.75 Å². The highest BCUT2D eigenvalue weighted by Gasteiger charge is 2.31. The molecule has 1 aromatic heterocycles. The largest absolute Gasteiger partial charge is 0.494 e. The maximum Gasteiger partial charge on any atom is 0.416 e. The second-order valence-electron chi connectivity index (χ2n) is 11.1. The number of hydrogen-bond donors (Lipinski definition) is 1. The molecule has 0 saturated heterocycles. The number of nitrogens with zero attached hydrogens (tertiary/aromatic N) is 3. The van der Waals surface area contributed by atoms with E-state index < -0.39 is 23.6 Å². The van der Waals surface area contributed by atoms with E-state index in [0.717, 1.165) is 16.7 Å². The minimum Gasteiger partial charge on any atom is -0.494 e. The highest BCUT2D eigenvalue weighted by atomic mass is 16.6. The van der Waals surface area contributed by atoms with E-state index in [1.54, 1.807) is 23.2 Å². The number of carbonyl (C=O) groups is 3. The Hall–Kier alpha value is -4.40. The van der Waals surface area contributed by atoms with Gasteiger partial charge in [0.2, 0.25) is 5.91 Å². The van der Waals surface area contributed by atoms with Crippen LogP contribution in [0.4, 0.5) is 10.6 Å². The monoisotopic (exact) mass is 559 g/mol. The van der Waals surface area contributed by atoms with Crippen molar-refractivity contribution >= 4 is 23.8 Å². The zero-order chi connectivity index (χ0) is 29.4. The number of pyridine rings is 1. The van der Waals surface area contributed by atoms with Crippen LogP contribution in [0, 0.1) is 5.92 Å². The summed E-state index contributed by atoms with van der Waals surface area (Å²) >= 11 is 0. The highest BCUT2D eigenvalue weighted by molar-refractivity contribution is 5.86. The smallest absolute Gasteiger partial charge is 0.416 e. The van der Waals surface area contributed by atoms with E-state index in [2.05, 4.69) is 4.98 Å². The number of aliphatic carboxylic acids is 1. The van der Waals surface area contributed by atoms with Crippen molar-refractivity contribution in [2.75, 3.05) is 18.1 Å². The number of amides is 2. The molecule has 2 heterocycles. The summed E-state index contributed by atoms with van der Waals surface area (Å²) < 4.78 is 11.6. The second kappa shape index (κ2) is 13.3. The van der Waals surface area contributed by atoms with Gasteiger partial charge < -0.3 is 19.5 Å². The molecule has 0 bridgehead atoms. The summed E-state index contributed by atoms with van der Waals surface area (Å²) in [6, 6.07) is 20.7. The van der Waals surface area contributed by atoms with Crippen LogP contribution in [0.1, 0.15) is 50.3 Å². The van der Waals surface area contributed by atoms with Crippen LogP contribution in [0.3, 0.4) is 0 Å². The van der Waals surface area contributed by atoms with Gasteiger partial charge in [-0.15, -0.1) is 0 Å². The van der Waals surface area contributed by atoms with E-state index >= 15 is 0 Å². The Bertz CT molecular complexity index is 1340. The van der Waals surface area contributed by atoms with Crippen LogP contribution in [0.25, 0.3) is 0 Å². The topological polar surface area (TPSA) is 109 Å². The molecule has 0 radical (unpaired) electrons. The second-order valence-corrected chi connectivity index (χ2v) is 11.1. The van der Waals surface area contributed by atoms with Gasteiger partial charge in [-0.1, -0.05) is 42.5 Å². The van der Waals surface area contributed by atoms with Gasteiger partial charge in [-0.25, -0.2) is 9.78 Å². The molecular weight excluding hydrogens is 522 g/mol. The van der Waals surface area contributed by atoms with E-state index in [1.807, 2.05) is 75.4 Å². The number of anilines is 1. The molecule has 1 aliphatic heterocycles. The molecule has 0 aliphatic carbocycles. The van der Waals surface area contributed by atoms with E-state index in [9.17, 15) is 19.5 Å². The summed E-state index contributed by atoms with van der Waals surface area (Å²) in [7, 11) is 0. The van der Waals surface area contributed by atoms with Gasteiger partial charge in [0, 0.05) is 25.8 Å². The molecule has 0 saturated carbocycles. The van der Waals surface area contributed by atoms with Crippen LogP contribution in [0.2, 0.25) is 0 Å². The number of rotatable bonds is 10. The van der Waals surface area contributed by atoms with Crippen molar-refractivity contribution in [2.45, 2.75) is 58.7 Å². The zero-order valence-corrected chi connectivity index (χ0v) is 23.8. The first-order valence-electron chi connectivity index (χ1n) is 13.8. The first kappa shape index (κ1) is 29.6. The third-order valence-electron chi connectivity index (χ3n) is 6.64. The molecular formula is C32H37N3O6. The number of aromatic nitrogens is 1. The lowest BCUT2D eigenvalue weighted by atomic mass is 9.94. The summed E-state index contributed by atoms with van der Waals surface area (Å²) in [5.41, 5.74) is 2.22. The fraction of sp³-hybridized carbons (Fsp3) is 0.375. The Labute approximate surface area is 240 Å². The lowest BCUT2D eigenvalue weighted by Gasteiger charge is -2.26. The summed E-state index contributed by atoms with van der Waals surface area (Å²) in [6.07, 6.45) is 1.84. The van der Waals surface area contributed by atoms with Crippen LogP contribution in [-0.2, 0) is 33.8 Å². The Morgan fingerprint density at radius 1 is 1.05 bits per heavy atom. The summed E-state index contributed by atoms with van der Waals surface area (Å²) in [6.45, 7) is 6.92. The zero-order valence-electron chi connectivity index (χ0n) is 23.8. The number of fused-ring (bicyclic) bond motifs is 1. The fourth-order valence-corrected chi connectivity index (χ4v) is 4.78. The van der Waals surface area contributed by atoms with E-state index in [0.29, 0.717) is 50.7 Å². The molecule has 1 unspecified atom stereocenters. The molecule has 1 aliphatic rings.